The molecule has 4 rings (SSSR count). The van der Waals surface area contributed by atoms with Crippen LogP contribution in [0.5, 0.6) is 0 Å². The van der Waals surface area contributed by atoms with Crippen LogP contribution in [0.15, 0.2) is 46.5 Å². The Morgan fingerprint density at radius 1 is 1.26 bits per heavy atom. The highest BCUT2D eigenvalue weighted by molar-refractivity contribution is 5.77. The summed E-state index contributed by atoms with van der Waals surface area (Å²) < 4.78 is 4.62. The third-order valence-electron chi connectivity index (χ3n) is 5.16. The van der Waals surface area contributed by atoms with Crippen LogP contribution in [0.1, 0.15) is 12.5 Å². The Kier molecular flexibility index (Phi) is 4.02. The number of para-hydroxylation sites is 1. The van der Waals surface area contributed by atoms with Crippen molar-refractivity contribution in [2.75, 3.05) is 11.4 Å². The number of aryl methyl sites for hydroxylation is 2. The van der Waals surface area contributed by atoms with Crippen LogP contribution in [0.3, 0.4) is 0 Å². The molecule has 140 valence electrons. The van der Waals surface area contributed by atoms with Crippen LogP contribution in [0.4, 0.5) is 11.6 Å². The highest BCUT2D eigenvalue weighted by Crippen LogP contribution is 2.34. The first-order chi connectivity index (χ1) is 12.9. The number of nitrogens with zero attached hydrogens (tertiary/aromatic N) is 5. The standard InChI is InChI=1S/C20H23N5O2/c1-5-10-23-18(26)16-17(22(4)20(23)27)21-19-24(11-13(2)12-25(16)19)15-9-7-6-8-14(15)3/h5-9,13H,1,10-12H2,2-4H3. The first-order valence-electron chi connectivity index (χ1n) is 9.08. The lowest BCUT2D eigenvalue weighted by Gasteiger charge is -2.33. The van der Waals surface area contributed by atoms with Gasteiger partial charge in [0.1, 0.15) is 0 Å². The maximum atomic E-state index is 13.1. The second-order valence-corrected chi connectivity index (χ2v) is 7.24. The van der Waals surface area contributed by atoms with Gasteiger partial charge in [-0.1, -0.05) is 31.2 Å². The van der Waals surface area contributed by atoms with Gasteiger partial charge in [0.15, 0.2) is 11.2 Å². The van der Waals surface area contributed by atoms with E-state index < -0.39 is 0 Å². The van der Waals surface area contributed by atoms with Crippen molar-refractivity contribution >= 4 is 22.8 Å². The van der Waals surface area contributed by atoms with E-state index in [-0.39, 0.29) is 17.8 Å². The molecular formula is C20H23N5O2. The summed E-state index contributed by atoms with van der Waals surface area (Å²) in [4.78, 5) is 32.5. The minimum atomic E-state index is -0.377. The Balaban J connectivity index is 2.05. The Labute approximate surface area is 156 Å². The molecule has 0 aliphatic carbocycles. The van der Waals surface area contributed by atoms with Crippen molar-refractivity contribution in [1.29, 1.82) is 0 Å². The molecule has 0 amide bonds. The van der Waals surface area contributed by atoms with Gasteiger partial charge in [-0.15, -0.1) is 6.58 Å². The van der Waals surface area contributed by atoms with Crippen molar-refractivity contribution in [2.24, 2.45) is 13.0 Å². The second-order valence-electron chi connectivity index (χ2n) is 7.24. The number of aromatic nitrogens is 4. The molecule has 1 aliphatic rings. The quantitative estimate of drug-likeness (QED) is 0.668. The fraction of sp³-hybridized carbons (Fsp3) is 0.350. The van der Waals surface area contributed by atoms with Crippen molar-refractivity contribution in [3.05, 3.63) is 63.3 Å². The van der Waals surface area contributed by atoms with Gasteiger partial charge >= 0.3 is 5.69 Å². The first kappa shape index (κ1) is 17.3. The van der Waals surface area contributed by atoms with Crippen LogP contribution < -0.4 is 16.1 Å². The molecule has 0 fully saturated rings. The second kappa shape index (κ2) is 6.26. The zero-order valence-corrected chi connectivity index (χ0v) is 15.8. The molecule has 7 nitrogen and oxygen atoms in total. The average Bonchev–Trinajstić information content (AvgIpc) is 3.03. The van der Waals surface area contributed by atoms with Gasteiger partial charge < -0.3 is 9.47 Å². The Bertz CT molecular complexity index is 1170. The van der Waals surface area contributed by atoms with E-state index in [4.69, 9.17) is 4.98 Å². The molecular weight excluding hydrogens is 342 g/mol. The number of rotatable bonds is 3. The maximum absolute atomic E-state index is 13.1. The van der Waals surface area contributed by atoms with Crippen LogP contribution in [0, 0.1) is 12.8 Å². The van der Waals surface area contributed by atoms with Crippen molar-refractivity contribution in [3.8, 4) is 0 Å². The third-order valence-corrected chi connectivity index (χ3v) is 5.16. The monoisotopic (exact) mass is 365 g/mol. The summed E-state index contributed by atoms with van der Waals surface area (Å²) in [6, 6.07) is 8.13. The number of allylic oxidation sites excluding steroid dienone is 1. The highest BCUT2D eigenvalue weighted by Gasteiger charge is 2.30. The lowest BCUT2D eigenvalue weighted by atomic mass is 10.1. The number of hydrogen-bond donors (Lipinski definition) is 0. The van der Waals surface area contributed by atoms with Gasteiger partial charge in [0.05, 0.1) is 0 Å². The predicted molar refractivity (Wildman–Crippen MR) is 107 cm³/mol. The van der Waals surface area contributed by atoms with E-state index in [1.54, 1.807) is 13.1 Å². The van der Waals surface area contributed by atoms with Gasteiger partial charge in [-0.25, -0.2) is 4.79 Å². The lowest BCUT2D eigenvalue weighted by molar-refractivity contribution is 0.457. The van der Waals surface area contributed by atoms with Gasteiger partial charge in [0, 0.05) is 32.4 Å². The zero-order valence-electron chi connectivity index (χ0n) is 15.8. The average molecular weight is 365 g/mol. The van der Waals surface area contributed by atoms with Gasteiger partial charge in [-0.05, 0) is 24.5 Å². The van der Waals surface area contributed by atoms with Crippen molar-refractivity contribution < 1.29 is 0 Å². The van der Waals surface area contributed by atoms with Gasteiger partial charge in [-0.3, -0.25) is 13.9 Å². The summed E-state index contributed by atoms with van der Waals surface area (Å²) in [6.07, 6.45) is 1.56. The van der Waals surface area contributed by atoms with E-state index in [0.717, 1.165) is 17.8 Å². The summed E-state index contributed by atoms with van der Waals surface area (Å²) in [7, 11) is 1.66. The molecule has 1 atom stereocenters. The Morgan fingerprint density at radius 3 is 2.70 bits per heavy atom. The van der Waals surface area contributed by atoms with Crippen molar-refractivity contribution in [2.45, 2.75) is 26.9 Å². The smallest absolute Gasteiger partial charge is 0.311 e. The molecule has 1 unspecified atom stereocenters. The Hall–Kier alpha value is -3.09. The van der Waals surface area contributed by atoms with Crippen LogP contribution in [-0.2, 0) is 20.1 Å². The molecule has 0 spiro atoms. The topological polar surface area (TPSA) is 65.1 Å². The van der Waals surface area contributed by atoms with E-state index >= 15 is 0 Å². The summed E-state index contributed by atoms with van der Waals surface area (Å²) in [5.41, 5.74) is 2.41. The van der Waals surface area contributed by atoms with E-state index in [0.29, 0.717) is 29.6 Å². The van der Waals surface area contributed by atoms with Crippen LogP contribution in [0.2, 0.25) is 0 Å². The minimum absolute atomic E-state index is 0.180. The molecule has 3 aromatic rings. The molecule has 0 radical (unpaired) electrons. The van der Waals surface area contributed by atoms with E-state index in [2.05, 4.69) is 37.5 Å². The first-order valence-corrected chi connectivity index (χ1v) is 9.08. The third kappa shape index (κ3) is 2.53. The molecule has 0 N–H and O–H groups in total. The maximum Gasteiger partial charge on any atom is 0.332 e. The minimum Gasteiger partial charge on any atom is -0.311 e. The van der Waals surface area contributed by atoms with Crippen molar-refractivity contribution in [1.82, 2.24) is 18.7 Å². The predicted octanol–water partition coefficient (Wildman–Crippen LogP) is 2.18. The van der Waals surface area contributed by atoms with Gasteiger partial charge in [-0.2, -0.15) is 4.98 Å². The van der Waals surface area contributed by atoms with Crippen LogP contribution >= 0.6 is 0 Å². The number of anilines is 2. The number of benzene rings is 1. The van der Waals surface area contributed by atoms with Crippen LogP contribution in [-0.4, -0.2) is 25.2 Å². The summed E-state index contributed by atoms with van der Waals surface area (Å²) in [5.74, 6) is 1.04. The van der Waals surface area contributed by atoms with E-state index in [1.165, 1.54) is 9.13 Å². The van der Waals surface area contributed by atoms with E-state index in [1.807, 2.05) is 16.7 Å². The number of imidazole rings is 1. The lowest BCUT2D eigenvalue weighted by Crippen LogP contribution is -2.40. The number of fused-ring (bicyclic) bond motifs is 3. The Morgan fingerprint density at radius 2 is 2.00 bits per heavy atom. The fourth-order valence-corrected chi connectivity index (χ4v) is 3.86. The molecule has 3 heterocycles. The van der Waals surface area contributed by atoms with Crippen molar-refractivity contribution in [3.63, 3.8) is 0 Å². The summed E-state index contributed by atoms with van der Waals surface area (Å²) >= 11 is 0. The molecule has 2 aromatic heterocycles. The molecule has 1 aromatic carbocycles. The SMILES string of the molecule is C=CCn1c(=O)c2c(nc3n2CC(C)CN3c2ccccc2C)n(C)c1=O. The fourth-order valence-electron chi connectivity index (χ4n) is 3.86. The van der Waals surface area contributed by atoms with Crippen LogP contribution in [0.25, 0.3) is 11.2 Å². The molecule has 0 saturated heterocycles. The van der Waals surface area contributed by atoms with E-state index in [9.17, 15) is 9.59 Å². The largest absolute Gasteiger partial charge is 0.332 e. The molecule has 27 heavy (non-hydrogen) atoms. The highest BCUT2D eigenvalue weighted by atomic mass is 16.2. The molecule has 7 heteroatoms. The summed E-state index contributed by atoms with van der Waals surface area (Å²) in [6.45, 7) is 9.56. The number of hydrogen-bond acceptors (Lipinski definition) is 4. The van der Waals surface area contributed by atoms with Gasteiger partial charge in [0.25, 0.3) is 5.56 Å². The molecule has 0 saturated carbocycles. The molecule has 1 aliphatic heterocycles. The van der Waals surface area contributed by atoms with Gasteiger partial charge in [0.2, 0.25) is 5.95 Å². The zero-order chi connectivity index (χ0) is 19.3. The summed E-state index contributed by atoms with van der Waals surface area (Å²) in [5, 5.41) is 0. The molecule has 0 bridgehead atoms. The normalized spacial score (nSPS) is 16.6.